The molecule has 0 atom stereocenters. The number of benzene rings is 1. The maximum atomic E-state index is 12.6. The summed E-state index contributed by atoms with van der Waals surface area (Å²) in [6, 6.07) is 8.68. The summed E-state index contributed by atoms with van der Waals surface area (Å²) in [4.78, 5) is 37.2. The number of carbonyl (C=O) groups excluding carboxylic acids is 3. The highest BCUT2D eigenvalue weighted by Crippen LogP contribution is 2.34. The van der Waals surface area contributed by atoms with E-state index in [0.717, 1.165) is 11.3 Å². The Hall–Kier alpha value is -3.44. The Kier molecular flexibility index (Phi) is 7.28. The second kappa shape index (κ2) is 9.66. The molecule has 0 aliphatic carbocycles. The Morgan fingerprint density at radius 1 is 1.24 bits per heavy atom. The molecule has 2 aromatic rings. The van der Waals surface area contributed by atoms with Crippen LogP contribution in [0, 0.1) is 18.3 Å². The van der Waals surface area contributed by atoms with Crippen LogP contribution >= 0.6 is 11.3 Å². The van der Waals surface area contributed by atoms with Crippen LogP contribution in [0.25, 0.3) is 6.08 Å². The molecule has 150 valence electrons. The van der Waals surface area contributed by atoms with Crippen molar-refractivity contribution in [2.45, 2.75) is 20.8 Å². The second-order valence-corrected chi connectivity index (χ2v) is 6.95. The molecule has 1 amide bonds. The van der Waals surface area contributed by atoms with Crippen molar-refractivity contribution in [1.29, 1.82) is 5.26 Å². The van der Waals surface area contributed by atoms with Crippen LogP contribution < -0.4 is 10.1 Å². The number of nitriles is 1. The summed E-state index contributed by atoms with van der Waals surface area (Å²) < 4.78 is 10.1. The SMILES string of the molecule is CCOC(=O)c1c(NC(=O)/C(C#N)=C\c2ccc(OC)cc2)sc(C(C)=O)c1C. The van der Waals surface area contributed by atoms with E-state index < -0.39 is 11.9 Å². The molecule has 1 aromatic carbocycles. The number of anilines is 1. The number of methoxy groups -OCH3 is 1. The van der Waals surface area contributed by atoms with E-state index in [1.165, 1.54) is 13.0 Å². The van der Waals surface area contributed by atoms with Crippen molar-refractivity contribution in [2.75, 3.05) is 19.0 Å². The number of nitrogens with zero attached hydrogens (tertiary/aromatic N) is 1. The zero-order valence-corrected chi connectivity index (χ0v) is 17.3. The van der Waals surface area contributed by atoms with Crippen LogP contribution in [0.4, 0.5) is 5.00 Å². The number of carbonyl (C=O) groups is 3. The minimum Gasteiger partial charge on any atom is -0.497 e. The van der Waals surface area contributed by atoms with Gasteiger partial charge in [0.05, 0.1) is 24.2 Å². The van der Waals surface area contributed by atoms with Gasteiger partial charge in [-0.2, -0.15) is 5.26 Å². The van der Waals surface area contributed by atoms with Gasteiger partial charge in [0.15, 0.2) is 5.78 Å². The van der Waals surface area contributed by atoms with Crippen molar-refractivity contribution in [2.24, 2.45) is 0 Å². The molecule has 2 rings (SSSR count). The van der Waals surface area contributed by atoms with E-state index in [0.29, 0.717) is 21.8 Å². The molecular weight excluding hydrogens is 392 g/mol. The van der Waals surface area contributed by atoms with Gasteiger partial charge in [0, 0.05) is 0 Å². The molecule has 0 radical (unpaired) electrons. The van der Waals surface area contributed by atoms with Gasteiger partial charge < -0.3 is 14.8 Å². The summed E-state index contributed by atoms with van der Waals surface area (Å²) >= 11 is 0.980. The van der Waals surface area contributed by atoms with E-state index in [1.54, 1.807) is 45.2 Å². The molecule has 29 heavy (non-hydrogen) atoms. The Morgan fingerprint density at radius 2 is 1.90 bits per heavy atom. The molecule has 0 fully saturated rings. The topological polar surface area (TPSA) is 105 Å². The first-order chi connectivity index (χ1) is 13.8. The number of esters is 1. The van der Waals surface area contributed by atoms with E-state index >= 15 is 0 Å². The van der Waals surface area contributed by atoms with E-state index in [-0.39, 0.29) is 28.5 Å². The number of ether oxygens (including phenoxy) is 2. The third kappa shape index (κ3) is 5.09. The number of rotatable bonds is 7. The van der Waals surface area contributed by atoms with Gasteiger partial charge >= 0.3 is 5.97 Å². The number of nitrogens with one attached hydrogen (secondary N) is 1. The van der Waals surface area contributed by atoms with E-state index in [1.807, 2.05) is 6.07 Å². The highest BCUT2D eigenvalue weighted by Gasteiger charge is 2.26. The Labute approximate surface area is 172 Å². The van der Waals surface area contributed by atoms with Crippen molar-refractivity contribution in [3.8, 4) is 11.8 Å². The molecule has 0 spiro atoms. The average molecular weight is 412 g/mol. The van der Waals surface area contributed by atoms with Crippen LogP contribution in [-0.4, -0.2) is 31.4 Å². The van der Waals surface area contributed by atoms with Crippen LogP contribution in [0.5, 0.6) is 5.75 Å². The highest BCUT2D eigenvalue weighted by atomic mass is 32.1. The summed E-state index contributed by atoms with van der Waals surface area (Å²) in [5, 5.41) is 12.1. The number of thiophene rings is 1. The van der Waals surface area contributed by atoms with Crippen LogP contribution in [0.2, 0.25) is 0 Å². The fraction of sp³-hybridized carbons (Fsp3) is 0.238. The third-order valence-corrected chi connectivity index (χ3v) is 5.27. The summed E-state index contributed by atoms with van der Waals surface area (Å²) in [7, 11) is 1.54. The fourth-order valence-electron chi connectivity index (χ4n) is 2.57. The van der Waals surface area contributed by atoms with Gasteiger partial charge in [-0.25, -0.2) is 4.79 Å². The standard InChI is InChI=1S/C21H20N2O5S/c1-5-28-21(26)17-12(2)18(13(3)24)29-20(17)23-19(25)15(11-22)10-14-6-8-16(27-4)9-7-14/h6-10H,5H2,1-4H3,(H,23,25)/b15-10-. The van der Waals surface area contributed by atoms with Crippen LogP contribution in [0.1, 0.15) is 45.0 Å². The normalized spacial score (nSPS) is 10.8. The largest absolute Gasteiger partial charge is 0.497 e. The van der Waals surface area contributed by atoms with Crippen molar-refractivity contribution in [1.82, 2.24) is 0 Å². The summed E-state index contributed by atoms with van der Waals surface area (Å²) in [5.74, 6) is -0.908. The molecule has 0 saturated carbocycles. The lowest BCUT2D eigenvalue weighted by Gasteiger charge is -2.07. The molecule has 0 aliphatic rings. The predicted octanol–water partition coefficient (Wildman–Crippen LogP) is 3.99. The summed E-state index contributed by atoms with van der Waals surface area (Å²) in [5.41, 5.74) is 1.04. The molecule has 7 nitrogen and oxygen atoms in total. The van der Waals surface area contributed by atoms with Gasteiger partial charge in [0.1, 0.15) is 22.4 Å². The van der Waals surface area contributed by atoms with Gasteiger partial charge in [-0.1, -0.05) is 12.1 Å². The number of hydrogen-bond acceptors (Lipinski definition) is 7. The minimum absolute atomic E-state index is 0.122. The molecule has 0 saturated heterocycles. The molecule has 1 N–H and O–H groups in total. The molecule has 0 unspecified atom stereocenters. The lowest BCUT2D eigenvalue weighted by Crippen LogP contribution is -2.16. The lowest BCUT2D eigenvalue weighted by atomic mass is 10.1. The maximum absolute atomic E-state index is 12.6. The Morgan fingerprint density at radius 3 is 2.41 bits per heavy atom. The lowest BCUT2D eigenvalue weighted by molar-refractivity contribution is -0.112. The van der Waals surface area contributed by atoms with Gasteiger partial charge in [-0.15, -0.1) is 11.3 Å². The van der Waals surface area contributed by atoms with Gasteiger partial charge in [-0.3, -0.25) is 9.59 Å². The van der Waals surface area contributed by atoms with Gasteiger partial charge in [0.2, 0.25) is 0 Å². The Balaban J connectivity index is 2.37. The van der Waals surface area contributed by atoms with E-state index in [9.17, 15) is 19.6 Å². The fourth-order valence-corrected chi connectivity index (χ4v) is 3.66. The molecular formula is C21H20N2O5S. The van der Waals surface area contributed by atoms with E-state index in [4.69, 9.17) is 9.47 Å². The number of Topliss-reactive ketones (excluding diaryl/α,β-unsaturated/α-hetero) is 1. The van der Waals surface area contributed by atoms with E-state index in [2.05, 4.69) is 5.32 Å². The maximum Gasteiger partial charge on any atom is 0.341 e. The van der Waals surface area contributed by atoms with Crippen LogP contribution in [0.15, 0.2) is 29.8 Å². The number of hydrogen-bond donors (Lipinski definition) is 1. The molecule has 0 bridgehead atoms. The quantitative estimate of drug-likeness (QED) is 0.319. The molecule has 8 heteroatoms. The smallest absolute Gasteiger partial charge is 0.341 e. The van der Waals surface area contributed by atoms with Crippen molar-refractivity contribution in [3.63, 3.8) is 0 Å². The first-order valence-electron chi connectivity index (χ1n) is 8.71. The van der Waals surface area contributed by atoms with Crippen LogP contribution in [-0.2, 0) is 9.53 Å². The van der Waals surface area contributed by atoms with Crippen molar-refractivity contribution in [3.05, 3.63) is 51.4 Å². The molecule has 0 aliphatic heterocycles. The number of amides is 1. The molecule has 1 aromatic heterocycles. The number of ketones is 1. The summed E-state index contributed by atoms with van der Waals surface area (Å²) in [6.45, 7) is 4.81. The first kappa shape index (κ1) is 21.9. The average Bonchev–Trinajstić information content (AvgIpc) is 3.02. The third-order valence-electron chi connectivity index (χ3n) is 3.97. The van der Waals surface area contributed by atoms with Gasteiger partial charge in [-0.05, 0) is 50.1 Å². The van der Waals surface area contributed by atoms with Gasteiger partial charge in [0.25, 0.3) is 5.91 Å². The van der Waals surface area contributed by atoms with Crippen molar-refractivity contribution < 1.29 is 23.9 Å². The summed E-state index contributed by atoms with van der Waals surface area (Å²) in [6.07, 6.45) is 1.42. The molecule has 1 heterocycles. The van der Waals surface area contributed by atoms with Crippen LogP contribution in [0.3, 0.4) is 0 Å². The monoisotopic (exact) mass is 412 g/mol. The predicted molar refractivity (Wildman–Crippen MR) is 110 cm³/mol. The highest BCUT2D eigenvalue weighted by molar-refractivity contribution is 7.18. The second-order valence-electron chi connectivity index (χ2n) is 5.93. The Bertz CT molecular complexity index is 1010. The first-order valence-corrected chi connectivity index (χ1v) is 9.52. The zero-order chi connectivity index (χ0) is 21.6. The zero-order valence-electron chi connectivity index (χ0n) is 16.5. The minimum atomic E-state index is -0.690. The van der Waals surface area contributed by atoms with Crippen molar-refractivity contribution >= 4 is 40.1 Å².